The van der Waals surface area contributed by atoms with E-state index in [-0.39, 0.29) is 0 Å². The average molecular weight is 731 g/mol. The van der Waals surface area contributed by atoms with E-state index in [0.717, 1.165) is 49.4 Å². The van der Waals surface area contributed by atoms with E-state index in [9.17, 15) is 0 Å². The zero-order chi connectivity index (χ0) is 37.1. The van der Waals surface area contributed by atoms with Crippen LogP contribution in [-0.2, 0) is 5.41 Å². The van der Waals surface area contributed by atoms with Gasteiger partial charge in [0.15, 0.2) is 5.82 Å². The molecule has 0 N–H and O–H groups in total. The van der Waals surface area contributed by atoms with E-state index < -0.39 is 5.41 Å². The first kappa shape index (κ1) is 32.5. The smallest absolute Gasteiger partial charge is 0.161 e. The maximum absolute atomic E-state index is 5.56. The van der Waals surface area contributed by atoms with Gasteiger partial charge in [-0.05, 0) is 73.8 Å². The van der Waals surface area contributed by atoms with Gasteiger partial charge >= 0.3 is 0 Å². The molecular formula is C53H34N2S. The minimum absolute atomic E-state index is 0.555. The highest BCUT2D eigenvalue weighted by Gasteiger charge is 2.46. The van der Waals surface area contributed by atoms with Crippen molar-refractivity contribution in [3.8, 4) is 56.0 Å². The third kappa shape index (κ3) is 5.02. The zero-order valence-corrected chi connectivity index (χ0v) is 31.2. The molecule has 0 unspecified atom stereocenters. The summed E-state index contributed by atoms with van der Waals surface area (Å²) in [4.78, 5) is 11.1. The van der Waals surface area contributed by atoms with Crippen molar-refractivity contribution in [1.29, 1.82) is 0 Å². The third-order valence-electron chi connectivity index (χ3n) is 11.4. The van der Waals surface area contributed by atoms with Crippen LogP contribution in [0, 0.1) is 0 Å². The van der Waals surface area contributed by atoms with Crippen LogP contribution in [0.25, 0.3) is 76.3 Å². The highest BCUT2D eigenvalue weighted by molar-refractivity contribution is 7.26. The van der Waals surface area contributed by atoms with E-state index in [1.165, 1.54) is 49.2 Å². The number of benzene rings is 8. The van der Waals surface area contributed by atoms with Gasteiger partial charge in [0, 0.05) is 21.2 Å². The predicted molar refractivity (Wildman–Crippen MR) is 234 cm³/mol. The molecule has 0 radical (unpaired) electrons. The molecule has 0 amide bonds. The Labute approximate surface area is 330 Å². The second-order valence-corrected chi connectivity index (χ2v) is 15.5. The summed E-state index contributed by atoms with van der Waals surface area (Å²) >= 11 is 1.77. The van der Waals surface area contributed by atoms with Gasteiger partial charge in [-0.1, -0.05) is 188 Å². The summed E-state index contributed by atoms with van der Waals surface area (Å²) in [5.41, 5.74) is 15.5. The third-order valence-corrected chi connectivity index (χ3v) is 12.6. The van der Waals surface area contributed by atoms with Crippen LogP contribution in [0.4, 0.5) is 0 Å². The lowest BCUT2D eigenvalue weighted by Crippen LogP contribution is -2.28. The Kier molecular flexibility index (Phi) is 7.61. The lowest BCUT2D eigenvalue weighted by molar-refractivity contribution is 0.768. The van der Waals surface area contributed by atoms with E-state index in [1.807, 2.05) is 0 Å². The first-order valence-corrected chi connectivity index (χ1v) is 19.9. The van der Waals surface area contributed by atoms with Crippen molar-refractivity contribution in [3.63, 3.8) is 0 Å². The number of thiophene rings is 1. The molecule has 1 aliphatic rings. The molecule has 56 heavy (non-hydrogen) atoms. The van der Waals surface area contributed by atoms with E-state index in [2.05, 4.69) is 206 Å². The van der Waals surface area contributed by atoms with Gasteiger partial charge < -0.3 is 0 Å². The van der Waals surface area contributed by atoms with Crippen molar-refractivity contribution in [2.24, 2.45) is 0 Å². The summed E-state index contributed by atoms with van der Waals surface area (Å²) in [5.74, 6) is 0.718. The van der Waals surface area contributed by atoms with Crippen LogP contribution in [0.3, 0.4) is 0 Å². The molecule has 0 saturated carbocycles. The van der Waals surface area contributed by atoms with Crippen molar-refractivity contribution in [1.82, 2.24) is 9.97 Å². The number of hydrogen-bond acceptors (Lipinski definition) is 3. The SMILES string of the molecule is c1ccc(-c2ccc(-c3cc4c(cc3-c3nc(-c5ccccc5)c5sc6ccccc6c5n3)C(c3ccccc3)(c3ccccc3)c3ccccc3-4)cc2)cc1. The highest BCUT2D eigenvalue weighted by Crippen LogP contribution is 2.58. The Balaban J connectivity index is 1.26. The van der Waals surface area contributed by atoms with Gasteiger partial charge in [0.1, 0.15) is 0 Å². The summed E-state index contributed by atoms with van der Waals surface area (Å²) in [5, 5.41) is 1.15. The first-order valence-electron chi connectivity index (χ1n) is 19.1. The van der Waals surface area contributed by atoms with Gasteiger partial charge in [-0.25, -0.2) is 9.97 Å². The standard InChI is InChI=1S/C53H34N2S/c1-5-17-35(18-6-1)36-29-31-37(32-30-36)43-33-44-41-25-13-15-27-46(41)53(39-21-9-3-10-22-39,40-23-11-4-12-24-40)47(44)34-45(43)52-54-49(38-19-7-2-8-20-38)51-50(55-52)42-26-14-16-28-48(42)56-51/h1-34H. The summed E-state index contributed by atoms with van der Waals surface area (Å²) < 4.78 is 2.31. The largest absolute Gasteiger partial charge is 0.226 e. The maximum Gasteiger partial charge on any atom is 0.161 e. The predicted octanol–water partition coefficient (Wildman–Crippen LogP) is 13.9. The Morgan fingerprint density at radius 2 is 0.929 bits per heavy atom. The summed E-state index contributed by atoms with van der Waals surface area (Å²) in [6.07, 6.45) is 0. The van der Waals surface area contributed by atoms with E-state index >= 15 is 0 Å². The number of nitrogens with zero attached hydrogens (tertiary/aromatic N) is 2. The average Bonchev–Trinajstić information content (AvgIpc) is 3.80. The summed E-state index contributed by atoms with van der Waals surface area (Å²) in [6.45, 7) is 0. The molecule has 0 spiro atoms. The molecule has 1 aliphatic carbocycles. The van der Waals surface area contributed by atoms with E-state index in [4.69, 9.17) is 9.97 Å². The molecule has 2 nitrogen and oxygen atoms in total. The van der Waals surface area contributed by atoms with E-state index in [1.54, 1.807) is 11.3 Å². The highest BCUT2D eigenvalue weighted by atomic mass is 32.1. The molecule has 2 heterocycles. The van der Waals surface area contributed by atoms with Crippen LogP contribution in [0.5, 0.6) is 0 Å². The molecule has 10 aromatic rings. The Hall–Kier alpha value is -6.94. The molecule has 0 bridgehead atoms. The number of rotatable bonds is 6. The molecule has 0 fully saturated rings. The molecule has 3 heteroatoms. The second-order valence-electron chi connectivity index (χ2n) is 14.5. The molecule has 262 valence electrons. The molecule has 11 rings (SSSR count). The maximum atomic E-state index is 5.56. The van der Waals surface area contributed by atoms with Crippen molar-refractivity contribution in [2.75, 3.05) is 0 Å². The normalized spacial score (nSPS) is 12.8. The molecular weight excluding hydrogens is 697 g/mol. The van der Waals surface area contributed by atoms with Gasteiger partial charge in [0.2, 0.25) is 0 Å². The van der Waals surface area contributed by atoms with Crippen LogP contribution in [0.1, 0.15) is 22.3 Å². The summed E-state index contributed by atoms with van der Waals surface area (Å²) in [6, 6.07) is 74.5. The van der Waals surface area contributed by atoms with Gasteiger partial charge in [0.05, 0.1) is 21.3 Å². The van der Waals surface area contributed by atoms with Crippen LogP contribution in [-0.4, -0.2) is 9.97 Å². The number of aromatic nitrogens is 2. The van der Waals surface area contributed by atoms with Crippen molar-refractivity contribution < 1.29 is 0 Å². The molecule has 0 aliphatic heterocycles. The Bertz CT molecular complexity index is 3000. The van der Waals surface area contributed by atoms with Gasteiger partial charge in [-0.3, -0.25) is 0 Å². The molecule has 0 atom stereocenters. The minimum Gasteiger partial charge on any atom is -0.226 e. The number of hydrogen-bond donors (Lipinski definition) is 0. The summed E-state index contributed by atoms with van der Waals surface area (Å²) in [7, 11) is 0. The molecule has 2 aromatic heterocycles. The Morgan fingerprint density at radius 3 is 1.62 bits per heavy atom. The fourth-order valence-electron chi connectivity index (χ4n) is 8.89. The van der Waals surface area contributed by atoms with Crippen molar-refractivity contribution in [2.45, 2.75) is 5.41 Å². The van der Waals surface area contributed by atoms with Gasteiger partial charge in [-0.2, -0.15) is 0 Å². The van der Waals surface area contributed by atoms with Gasteiger partial charge in [-0.15, -0.1) is 11.3 Å². The first-order chi connectivity index (χ1) is 27.8. The van der Waals surface area contributed by atoms with Crippen LogP contribution >= 0.6 is 11.3 Å². The van der Waals surface area contributed by atoms with Gasteiger partial charge in [0.25, 0.3) is 0 Å². The monoisotopic (exact) mass is 730 g/mol. The quantitative estimate of drug-likeness (QED) is 0.170. The minimum atomic E-state index is -0.555. The lowest BCUT2D eigenvalue weighted by Gasteiger charge is -2.34. The van der Waals surface area contributed by atoms with Crippen LogP contribution in [0.15, 0.2) is 206 Å². The fraction of sp³-hybridized carbons (Fsp3) is 0.0189. The number of fused-ring (bicyclic) bond motifs is 6. The second kappa shape index (κ2) is 13.1. The van der Waals surface area contributed by atoms with Crippen molar-refractivity contribution in [3.05, 3.63) is 229 Å². The lowest BCUT2D eigenvalue weighted by atomic mass is 9.67. The molecule has 0 saturated heterocycles. The topological polar surface area (TPSA) is 25.8 Å². The molecule has 8 aromatic carbocycles. The van der Waals surface area contributed by atoms with Crippen LogP contribution < -0.4 is 0 Å². The fourth-order valence-corrected chi connectivity index (χ4v) is 10.0. The van der Waals surface area contributed by atoms with Crippen molar-refractivity contribution >= 4 is 31.6 Å². The van der Waals surface area contributed by atoms with Crippen LogP contribution in [0.2, 0.25) is 0 Å². The zero-order valence-electron chi connectivity index (χ0n) is 30.4. The Morgan fingerprint density at radius 1 is 0.375 bits per heavy atom. The van der Waals surface area contributed by atoms with E-state index in [0.29, 0.717) is 0 Å².